The number of aliphatic hydroxyl groups is 1. The van der Waals surface area contributed by atoms with Crippen molar-refractivity contribution in [2.75, 3.05) is 22.9 Å². The van der Waals surface area contributed by atoms with Gasteiger partial charge in [0.1, 0.15) is 5.76 Å². The largest absolute Gasteiger partial charge is 0.507 e. The molecule has 3 aromatic carbocycles. The number of Topliss-reactive ketones (excluding diaryl/α,β-unsaturated/α-hetero) is 1. The fourth-order valence-corrected chi connectivity index (χ4v) is 4.98. The third-order valence-electron chi connectivity index (χ3n) is 6.64. The van der Waals surface area contributed by atoms with Gasteiger partial charge in [0.05, 0.1) is 11.6 Å². The molecule has 1 unspecified atom stereocenters. The third-order valence-corrected chi connectivity index (χ3v) is 6.90. The summed E-state index contributed by atoms with van der Waals surface area (Å²) in [5.74, 6) is -1.57. The van der Waals surface area contributed by atoms with E-state index in [1.54, 1.807) is 24.3 Å². The smallest absolute Gasteiger partial charge is 0.300 e. The maximum absolute atomic E-state index is 13.3. The van der Waals surface area contributed by atoms with Crippen molar-refractivity contribution in [1.82, 2.24) is 0 Å². The Kier molecular flexibility index (Phi) is 5.88. The molecule has 2 aliphatic rings. The Morgan fingerprint density at radius 2 is 1.50 bits per heavy atom. The van der Waals surface area contributed by atoms with Gasteiger partial charge < -0.3 is 10.0 Å². The zero-order valence-corrected chi connectivity index (χ0v) is 19.6. The van der Waals surface area contributed by atoms with E-state index in [0.717, 1.165) is 29.9 Å². The van der Waals surface area contributed by atoms with Crippen molar-refractivity contribution in [2.24, 2.45) is 0 Å². The Bertz CT molecular complexity index is 1280. The van der Waals surface area contributed by atoms with E-state index in [-0.39, 0.29) is 11.3 Å². The highest BCUT2D eigenvalue weighted by atomic mass is 35.5. The van der Waals surface area contributed by atoms with E-state index >= 15 is 0 Å². The Labute approximate surface area is 203 Å². The maximum atomic E-state index is 13.3. The first-order valence-electron chi connectivity index (χ1n) is 11.4. The highest BCUT2D eigenvalue weighted by molar-refractivity contribution is 6.51. The van der Waals surface area contributed by atoms with Crippen LogP contribution < -0.4 is 9.80 Å². The number of nitrogens with zero attached hydrogens (tertiary/aromatic N) is 2. The Hall–Kier alpha value is -3.57. The van der Waals surface area contributed by atoms with Crippen LogP contribution in [0.4, 0.5) is 11.4 Å². The number of rotatable bonds is 4. The predicted octanol–water partition coefficient (Wildman–Crippen LogP) is 5.87. The van der Waals surface area contributed by atoms with E-state index in [4.69, 9.17) is 11.6 Å². The van der Waals surface area contributed by atoms with Gasteiger partial charge >= 0.3 is 0 Å². The van der Waals surface area contributed by atoms with Gasteiger partial charge in [0.25, 0.3) is 11.7 Å². The quantitative estimate of drug-likeness (QED) is 0.293. The van der Waals surface area contributed by atoms with Crippen LogP contribution in [0.2, 0.25) is 5.02 Å². The van der Waals surface area contributed by atoms with Gasteiger partial charge in [0.15, 0.2) is 0 Å². The summed E-state index contributed by atoms with van der Waals surface area (Å²) in [5, 5.41) is 11.7. The van der Waals surface area contributed by atoms with Crippen LogP contribution in [0.3, 0.4) is 0 Å². The van der Waals surface area contributed by atoms with Crippen LogP contribution in [0.15, 0.2) is 78.4 Å². The Morgan fingerprint density at radius 3 is 2.15 bits per heavy atom. The molecule has 1 amide bonds. The predicted molar refractivity (Wildman–Crippen MR) is 135 cm³/mol. The van der Waals surface area contributed by atoms with Crippen LogP contribution in [0.5, 0.6) is 0 Å². The minimum Gasteiger partial charge on any atom is -0.507 e. The number of anilines is 2. The molecule has 2 saturated heterocycles. The normalized spacial score (nSPS) is 19.8. The van der Waals surface area contributed by atoms with Gasteiger partial charge in [-0.25, -0.2) is 0 Å². The lowest BCUT2D eigenvalue weighted by Gasteiger charge is -2.27. The molecule has 2 aliphatic heterocycles. The molecule has 0 aliphatic carbocycles. The van der Waals surface area contributed by atoms with Crippen molar-refractivity contribution in [1.29, 1.82) is 0 Å². The molecular formula is C28H25ClN2O3. The number of carbonyl (C=O) groups excluding carboxylic acids is 2. The maximum Gasteiger partial charge on any atom is 0.300 e. The number of aliphatic hydroxyl groups excluding tert-OH is 1. The van der Waals surface area contributed by atoms with Crippen LogP contribution in [0.1, 0.15) is 35.6 Å². The Balaban J connectivity index is 1.64. The highest BCUT2D eigenvalue weighted by Gasteiger charge is 2.47. The molecule has 2 fully saturated rings. The van der Waals surface area contributed by atoms with Gasteiger partial charge in [0.2, 0.25) is 0 Å². The number of amides is 1. The molecule has 1 atom stereocenters. The summed E-state index contributed by atoms with van der Waals surface area (Å²) in [6.07, 6.45) is 2.35. The molecule has 0 radical (unpaired) electrons. The number of aryl methyl sites for hydroxylation is 1. The molecule has 0 saturated carbocycles. The fraction of sp³-hybridized carbons (Fsp3) is 0.214. The van der Waals surface area contributed by atoms with Crippen LogP contribution in [0.25, 0.3) is 5.76 Å². The minimum atomic E-state index is -0.741. The molecule has 34 heavy (non-hydrogen) atoms. The molecular weight excluding hydrogens is 448 g/mol. The van der Waals surface area contributed by atoms with Crippen LogP contribution in [-0.4, -0.2) is 29.9 Å². The van der Waals surface area contributed by atoms with E-state index in [9.17, 15) is 14.7 Å². The summed E-state index contributed by atoms with van der Waals surface area (Å²) < 4.78 is 0. The second-order valence-electron chi connectivity index (χ2n) is 8.74. The van der Waals surface area contributed by atoms with Crippen molar-refractivity contribution in [3.8, 4) is 0 Å². The average molecular weight is 473 g/mol. The molecule has 0 bridgehead atoms. The second kappa shape index (κ2) is 8.99. The lowest BCUT2D eigenvalue weighted by Crippen LogP contribution is -2.29. The zero-order valence-electron chi connectivity index (χ0n) is 18.9. The van der Waals surface area contributed by atoms with E-state index in [1.807, 2.05) is 55.5 Å². The average Bonchev–Trinajstić information content (AvgIpc) is 3.47. The number of halogens is 1. The van der Waals surface area contributed by atoms with Crippen molar-refractivity contribution < 1.29 is 14.7 Å². The van der Waals surface area contributed by atoms with Crippen LogP contribution >= 0.6 is 11.6 Å². The highest BCUT2D eigenvalue weighted by Crippen LogP contribution is 2.43. The lowest BCUT2D eigenvalue weighted by molar-refractivity contribution is -0.132. The van der Waals surface area contributed by atoms with Gasteiger partial charge in [-0.1, -0.05) is 35.9 Å². The van der Waals surface area contributed by atoms with Gasteiger partial charge in [-0.3, -0.25) is 14.5 Å². The zero-order chi connectivity index (χ0) is 23.8. The van der Waals surface area contributed by atoms with Gasteiger partial charge in [-0.05, 0) is 79.4 Å². The topological polar surface area (TPSA) is 60.9 Å². The number of ketones is 1. The summed E-state index contributed by atoms with van der Waals surface area (Å²) in [6.45, 7) is 3.98. The number of hydrogen-bond acceptors (Lipinski definition) is 4. The third kappa shape index (κ3) is 3.86. The van der Waals surface area contributed by atoms with Crippen molar-refractivity contribution in [3.63, 3.8) is 0 Å². The summed E-state index contributed by atoms with van der Waals surface area (Å²) in [5.41, 5.74) is 3.95. The summed E-state index contributed by atoms with van der Waals surface area (Å²) in [4.78, 5) is 30.5. The molecule has 1 N–H and O–H groups in total. The van der Waals surface area contributed by atoms with Crippen LogP contribution in [-0.2, 0) is 9.59 Å². The first-order chi connectivity index (χ1) is 16.5. The molecule has 2 heterocycles. The van der Waals surface area contributed by atoms with Crippen LogP contribution in [0, 0.1) is 6.92 Å². The second-order valence-corrected chi connectivity index (χ2v) is 9.18. The SMILES string of the molecule is Cc1ccccc1C1/C(=C(\O)c2ccc(Cl)cc2)C(=O)C(=O)N1c1ccc(N2CCCC2)cc1. The summed E-state index contributed by atoms with van der Waals surface area (Å²) >= 11 is 6.01. The molecule has 0 spiro atoms. The minimum absolute atomic E-state index is 0.0743. The van der Waals surface area contributed by atoms with E-state index in [0.29, 0.717) is 16.3 Å². The van der Waals surface area contributed by atoms with Gasteiger partial charge in [0, 0.05) is 35.1 Å². The van der Waals surface area contributed by atoms with Crippen molar-refractivity contribution in [2.45, 2.75) is 25.8 Å². The number of benzene rings is 3. The van der Waals surface area contributed by atoms with Gasteiger partial charge in [-0.2, -0.15) is 0 Å². The first-order valence-corrected chi connectivity index (χ1v) is 11.8. The molecule has 5 rings (SSSR count). The number of carbonyl (C=O) groups is 2. The molecule has 0 aromatic heterocycles. The molecule has 172 valence electrons. The first kappa shape index (κ1) is 22.2. The molecule has 5 nitrogen and oxygen atoms in total. The summed E-state index contributed by atoms with van der Waals surface area (Å²) in [7, 11) is 0. The Morgan fingerprint density at radius 1 is 0.882 bits per heavy atom. The van der Waals surface area contributed by atoms with E-state index < -0.39 is 17.7 Å². The van der Waals surface area contributed by atoms with Crippen molar-refractivity contribution >= 4 is 40.4 Å². The van der Waals surface area contributed by atoms with Crippen molar-refractivity contribution in [3.05, 3.63) is 100 Å². The van der Waals surface area contributed by atoms with E-state index in [2.05, 4.69) is 4.90 Å². The van der Waals surface area contributed by atoms with Gasteiger partial charge in [-0.15, -0.1) is 0 Å². The van der Waals surface area contributed by atoms with E-state index in [1.165, 1.54) is 17.7 Å². The molecule has 3 aromatic rings. The molecule has 6 heteroatoms. The lowest BCUT2D eigenvalue weighted by atomic mass is 9.92. The monoisotopic (exact) mass is 472 g/mol. The standard InChI is InChI=1S/C28H25ClN2O3/c1-18-6-2-3-7-23(18)25-24(26(32)19-8-10-20(29)11-9-19)27(33)28(34)31(25)22-14-12-21(13-15-22)30-16-4-5-17-30/h2-3,6-15,25,32H,4-5,16-17H2,1H3/b26-24+. The summed E-state index contributed by atoms with van der Waals surface area (Å²) in [6, 6.07) is 21.2. The fourth-order valence-electron chi connectivity index (χ4n) is 4.85. The number of hydrogen-bond donors (Lipinski definition) is 1.